The summed E-state index contributed by atoms with van der Waals surface area (Å²) in [6.07, 6.45) is 1.55. The molecular formula is C22H25ClN4O2S. The molecule has 8 heteroatoms. The van der Waals surface area contributed by atoms with E-state index in [9.17, 15) is 4.79 Å². The second-order valence-corrected chi connectivity index (χ2v) is 8.40. The summed E-state index contributed by atoms with van der Waals surface area (Å²) in [4.78, 5) is 12.2. The van der Waals surface area contributed by atoms with Crippen LogP contribution in [0.2, 0.25) is 5.02 Å². The van der Waals surface area contributed by atoms with Crippen molar-refractivity contribution < 1.29 is 9.53 Å². The molecule has 0 bridgehead atoms. The number of aryl methyl sites for hydroxylation is 3. The minimum Gasteiger partial charge on any atom is -0.493 e. The molecular weight excluding hydrogens is 420 g/mol. The van der Waals surface area contributed by atoms with Crippen molar-refractivity contribution in [2.24, 2.45) is 7.05 Å². The van der Waals surface area contributed by atoms with E-state index >= 15 is 0 Å². The smallest absolute Gasteiger partial charge is 0.234 e. The summed E-state index contributed by atoms with van der Waals surface area (Å²) in [6.45, 7) is 4.55. The lowest BCUT2D eigenvalue weighted by atomic mass is 10.2. The first-order valence-electron chi connectivity index (χ1n) is 9.69. The van der Waals surface area contributed by atoms with Gasteiger partial charge in [0.2, 0.25) is 5.91 Å². The lowest BCUT2D eigenvalue weighted by Crippen LogP contribution is -2.14. The summed E-state index contributed by atoms with van der Waals surface area (Å²) in [5, 5.41) is 12.8. The summed E-state index contributed by atoms with van der Waals surface area (Å²) >= 11 is 7.34. The predicted molar refractivity (Wildman–Crippen MR) is 122 cm³/mol. The van der Waals surface area contributed by atoms with Gasteiger partial charge in [0.1, 0.15) is 11.6 Å². The molecule has 0 fully saturated rings. The fraction of sp³-hybridized carbons (Fsp3) is 0.318. The van der Waals surface area contributed by atoms with Crippen LogP contribution in [-0.4, -0.2) is 33.0 Å². The number of rotatable bonds is 9. The van der Waals surface area contributed by atoms with Crippen LogP contribution >= 0.6 is 23.4 Å². The average molecular weight is 445 g/mol. The highest BCUT2D eigenvalue weighted by Gasteiger charge is 2.12. The number of nitrogens with one attached hydrogen (secondary N) is 1. The highest BCUT2D eigenvalue weighted by atomic mass is 35.5. The van der Waals surface area contributed by atoms with Crippen molar-refractivity contribution in [1.29, 1.82) is 0 Å². The molecule has 0 saturated carbocycles. The van der Waals surface area contributed by atoms with Gasteiger partial charge in [-0.25, -0.2) is 0 Å². The highest BCUT2D eigenvalue weighted by Crippen LogP contribution is 2.22. The van der Waals surface area contributed by atoms with Crippen LogP contribution < -0.4 is 10.1 Å². The van der Waals surface area contributed by atoms with Gasteiger partial charge >= 0.3 is 0 Å². The molecule has 0 aliphatic carbocycles. The molecule has 6 nitrogen and oxygen atoms in total. The van der Waals surface area contributed by atoms with Crippen LogP contribution in [0.15, 0.2) is 47.6 Å². The van der Waals surface area contributed by atoms with Gasteiger partial charge in [-0.3, -0.25) is 4.79 Å². The molecule has 0 radical (unpaired) electrons. The Labute approximate surface area is 186 Å². The van der Waals surface area contributed by atoms with Gasteiger partial charge in [0, 0.05) is 24.2 Å². The van der Waals surface area contributed by atoms with E-state index in [1.807, 2.05) is 67.9 Å². The van der Waals surface area contributed by atoms with Crippen molar-refractivity contribution in [2.75, 3.05) is 17.7 Å². The maximum absolute atomic E-state index is 12.2. The first kappa shape index (κ1) is 22.2. The Kier molecular flexibility index (Phi) is 7.76. The van der Waals surface area contributed by atoms with Crippen molar-refractivity contribution in [3.63, 3.8) is 0 Å². The number of hydrogen-bond acceptors (Lipinski definition) is 5. The number of anilines is 1. The molecule has 158 valence electrons. The van der Waals surface area contributed by atoms with Crippen LogP contribution in [0.5, 0.6) is 5.75 Å². The first-order valence-corrected chi connectivity index (χ1v) is 11.1. The van der Waals surface area contributed by atoms with Crippen LogP contribution in [0.3, 0.4) is 0 Å². The quantitative estimate of drug-likeness (QED) is 0.378. The zero-order valence-electron chi connectivity index (χ0n) is 17.3. The third-order valence-corrected chi connectivity index (χ3v) is 5.75. The van der Waals surface area contributed by atoms with E-state index in [1.54, 1.807) is 0 Å². The number of nitrogens with zero attached hydrogens (tertiary/aromatic N) is 3. The van der Waals surface area contributed by atoms with Crippen molar-refractivity contribution >= 4 is 35.0 Å². The Morgan fingerprint density at radius 2 is 2.03 bits per heavy atom. The Bertz CT molecular complexity index is 1020. The topological polar surface area (TPSA) is 69.0 Å². The normalized spacial score (nSPS) is 10.8. The van der Waals surface area contributed by atoms with Gasteiger partial charge in [0.15, 0.2) is 5.16 Å². The number of ether oxygens (including phenoxy) is 1. The van der Waals surface area contributed by atoms with Gasteiger partial charge in [-0.15, -0.1) is 10.2 Å². The molecule has 1 N–H and O–H groups in total. The predicted octanol–water partition coefficient (Wildman–Crippen LogP) is 4.83. The fourth-order valence-corrected chi connectivity index (χ4v) is 3.88. The summed E-state index contributed by atoms with van der Waals surface area (Å²) < 4.78 is 7.76. The number of thioether (sulfide) groups is 1. The van der Waals surface area contributed by atoms with E-state index < -0.39 is 0 Å². The van der Waals surface area contributed by atoms with Gasteiger partial charge in [-0.2, -0.15) is 0 Å². The molecule has 0 aliphatic rings. The van der Waals surface area contributed by atoms with Crippen LogP contribution in [0.4, 0.5) is 5.69 Å². The summed E-state index contributed by atoms with van der Waals surface area (Å²) in [7, 11) is 1.92. The van der Waals surface area contributed by atoms with Crippen LogP contribution in [-0.2, 0) is 18.3 Å². The molecule has 0 spiro atoms. The molecule has 3 aromatic rings. The number of carbonyl (C=O) groups is 1. The van der Waals surface area contributed by atoms with E-state index in [2.05, 4.69) is 15.5 Å². The summed E-state index contributed by atoms with van der Waals surface area (Å²) in [6, 6.07) is 13.3. The number of hydrogen-bond donors (Lipinski definition) is 1. The Balaban J connectivity index is 1.44. The fourth-order valence-electron chi connectivity index (χ4n) is 2.93. The summed E-state index contributed by atoms with van der Waals surface area (Å²) in [5.74, 6) is 1.92. The SMILES string of the molecule is Cc1cccc(NC(=O)CSc2nnc(CCCOc3ccc(Cl)cc3C)n2C)c1. The minimum atomic E-state index is -0.0677. The van der Waals surface area contributed by atoms with Crippen LogP contribution in [0.25, 0.3) is 0 Å². The van der Waals surface area contributed by atoms with Gasteiger partial charge in [-0.05, 0) is 61.7 Å². The Morgan fingerprint density at radius 1 is 1.20 bits per heavy atom. The molecule has 1 heterocycles. The van der Waals surface area contributed by atoms with Crippen molar-refractivity contribution in [3.05, 3.63) is 64.4 Å². The van der Waals surface area contributed by atoms with Crippen LogP contribution in [0.1, 0.15) is 23.4 Å². The molecule has 0 saturated heterocycles. The minimum absolute atomic E-state index is 0.0677. The van der Waals surface area contributed by atoms with Gasteiger partial charge < -0.3 is 14.6 Å². The van der Waals surface area contributed by atoms with E-state index in [0.29, 0.717) is 11.6 Å². The zero-order chi connectivity index (χ0) is 21.5. The third kappa shape index (κ3) is 6.24. The lowest BCUT2D eigenvalue weighted by Gasteiger charge is -2.09. The van der Waals surface area contributed by atoms with E-state index in [1.165, 1.54) is 11.8 Å². The van der Waals surface area contributed by atoms with Crippen molar-refractivity contribution in [1.82, 2.24) is 14.8 Å². The molecule has 30 heavy (non-hydrogen) atoms. The second-order valence-electron chi connectivity index (χ2n) is 7.03. The highest BCUT2D eigenvalue weighted by molar-refractivity contribution is 7.99. The van der Waals surface area contributed by atoms with Crippen molar-refractivity contribution in [2.45, 2.75) is 31.8 Å². The maximum atomic E-state index is 12.2. The molecule has 1 amide bonds. The number of halogens is 1. The van der Waals surface area contributed by atoms with Gasteiger partial charge in [0.25, 0.3) is 0 Å². The monoisotopic (exact) mass is 444 g/mol. The second kappa shape index (κ2) is 10.5. The average Bonchev–Trinajstić information content (AvgIpc) is 3.04. The van der Waals surface area contributed by atoms with E-state index in [4.69, 9.17) is 16.3 Å². The standard InChI is InChI=1S/C22H25ClN4O2S/c1-15-6-4-7-18(12-15)24-21(28)14-30-22-26-25-20(27(22)3)8-5-11-29-19-10-9-17(23)13-16(19)2/h4,6-7,9-10,12-13H,5,8,11,14H2,1-3H3,(H,24,28). The Morgan fingerprint density at radius 3 is 2.80 bits per heavy atom. The molecule has 2 aromatic carbocycles. The molecule has 0 aliphatic heterocycles. The number of benzene rings is 2. The molecule has 0 atom stereocenters. The molecule has 3 rings (SSSR count). The zero-order valence-corrected chi connectivity index (χ0v) is 18.9. The largest absolute Gasteiger partial charge is 0.493 e. The molecule has 1 aromatic heterocycles. The number of carbonyl (C=O) groups excluding carboxylic acids is 1. The Hall–Kier alpha value is -2.51. The third-order valence-electron chi connectivity index (χ3n) is 4.50. The molecule has 0 unspecified atom stereocenters. The van der Waals surface area contributed by atoms with Gasteiger partial charge in [-0.1, -0.05) is 35.5 Å². The van der Waals surface area contributed by atoms with Crippen LogP contribution in [0, 0.1) is 13.8 Å². The number of amides is 1. The maximum Gasteiger partial charge on any atom is 0.234 e. The van der Waals surface area contributed by atoms with Gasteiger partial charge in [0.05, 0.1) is 12.4 Å². The van der Waals surface area contributed by atoms with Crippen molar-refractivity contribution in [3.8, 4) is 5.75 Å². The van der Waals surface area contributed by atoms with E-state index in [-0.39, 0.29) is 11.7 Å². The van der Waals surface area contributed by atoms with E-state index in [0.717, 1.165) is 46.4 Å². The first-order chi connectivity index (χ1) is 14.4. The number of aromatic nitrogens is 3. The lowest BCUT2D eigenvalue weighted by molar-refractivity contribution is -0.113. The summed E-state index contributed by atoms with van der Waals surface area (Å²) in [5.41, 5.74) is 2.92.